The molecule has 1 aliphatic carbocycles. The van der Waals surface area contributed by atoms with Crippen LogP contribution in [0.1, 0.15) is 39.9 Å². The van der Waals surface area contributed by atoms with Gasteiger partial charge < -0.3 is 9.64 Å². The summed E-state index contributed by atoms with van der Waals surface area (Å²) in [5, 5.41) is 0. The van der Waals surface area contributed by atoms with E-state index in [-0.39, 0.29) is 11.7 Å². The molecule has 0 atom stereocenters. The van der Waals surface area contributed by atoms with Gasteiger partial charge in [-0.05, 0) is 67.3 Å². The van der Waals surface area contributed by atoms with Gasteiger partial charge in [0, 0.05) is 24.6 Å². The molecule has 30 heavy (non-hydrogen) atoms. The van der Waals surface area contributed by atoms with Crippen LogP contribution in [0.4, 0.5) is 4.39 Å². The smallest absolute Gasteiger partial charge is 0.254 e. The molecule has 1 aliphatic rings. The Bertz CT molecular complexity index is 977. The summed E-state index contributed by atoms with van der Waals surface area (Å²) >= 11 is 0. The number of amides is 1. The van der Waals surface area contributed by atoms with Crippen molar-refractivity contribution in [2.45, 2.75) is 38.8 Å². The van der Waals surface area contributed by atoms with E-state index in [1.165, 1.54) is 12.1 Å². The predicted molar refractivity (Wildman–Crippen MR) is 116 cm³/mol. The van der Waals surface area contributed by atoms with E-state index in [0.717, 1.165) is 47.3 Å². The lowest BCUT2D eigenvalue weighted by atomic mass is 10.1. The normalized spacial score (nSPS) is 13.1. The van der Waals surface area contributed by atoms with Crippen LogP contribution in [0.2, 0.25) is 0 Å². The zero-order chi connectivity index (χ0) is 20.9. The molecule has 0 spiro atoms. The number of benzene rings is 3. The number of aryl methyl sites for hydroxylation is 1. The third kappa shape index (κ3) is 5.26. The van der Waals surface area contributed by atoms with Crippen LogP contribution in [0.15, 0.2) is 72.8 Å². The molecule has 0 unspecified atom stereocenters. The molecule has 1 fully saturated rings. The zero-order valence-corrected chi connectivity index (χ0v) is 17.2. The van der Waals surface area contributed by atoms with Crippen LogP contribution >= 0.6 is 0 Å². The number of halogens is 1. The van der Waals surface area contributed by atoms with Crippen LogP contribution < -0.4 is 4.74 Å². The van der Waals surface area contributed by atoms with Crippen molar-refractivity contribution in [3.05, 3.63) is 101 Å². The third-order valence-electron chi connectivity index (χ3n) is 5.40. The molecule has 0 aromatic heterocycles. The number of rotatable bonds is 8. The zero-order valence-electron chi connectivity index (χ0n) is 17.2. The first-order valence-corrected chi connectivity index (χ1v) is 10.4. The van der Waals surface area contributed by atoms with Crippen LogP contribution in [0.3, 0.4) is 0 Å². The van der Waals surface area contributed by atoms with Gasteiger partial charge in [-0.15, -0.1) is 0 Å². The van der Waals surface area contributed by atoms with Gasteiger partial charge in [-0.1, -0.05) is 42.0 Å². The number of nitrogens with zero attached hydrogens (tertiary/aromatic N) is 1. The fourth-order valence-electron chi connectivity index (χ4n) is 3.44. The topological polar surface area (TPSA) is 29.5 Å². The van der Waals surface area contributed by atoms with Crippen molar-refractivity contribution in [1.29, 1.82) is 0 Å². The number of hydrogen-bond acceptors (Lipinski definition) is 2. The van der Waals surface area contributed by atoms with Crippen molar-refractivity contribution in [2.75, 3.05) is 6.61 Å². The molecule has 3 aromatic rings. The molecule has 0 bridgehead atoms. The maximum atomic E-state index is 13.0. The summed E-state index contributed by atoms with van der Waals surface area (Å²) < 4.78 is 18.8. The molecule has 0 saturated heterocycles. The van der Waals surface area contributed by atoms with Crippen molar-refractivity contribution >= 4 is 5.91 Å². The molecule has 0 radical (unpaired) electrons. The first-order chi connectivity index (χ1) is 14.6. The van der Waals surface area contributed by atoms with Crippen LogP contribution in [0, 0.1) is 12.7 Å². The van der Waals surface area contributed by atoms with E-state index >= 15 is 0 Å². The third-order valence-corrected chi connectivity index (χ3v) is 5.40. The van der Waals surface area contributed by atoms with Gasteiger partial charge in [0.1, 0.15) is 11.6 Å². The average Bonchev–Trinajstić information content (AvgIpc) is 3.60. The van der Waals surface area contributed by atoms with Gasteiger partial charge in [0.2, 0.25) is 0 Å². The number of ether oxygens (including phenoxy) is 1. The lowest BCUT2D eigenvalue weighted by Crippen LogP contribution is -2.32. The Kier molecular flexibility index (Phi) is 6.12. The van der Waals surface area contributed by atoms with Gasteiger partial charge in [-0.2, -0.15) is 0 Å². The summed E-state index contributed by atoms with van der Waals surface area (Å²) in [4.78, 5) is 15.0. The van der Waals surface area contributed by atoms with Crippen LogP contribution in [-0.2, 0) is 13.0 Å². The van der Waals surface area contributed by atoms with Crippen molar-refractivity contribution in [3.8, 4) is 5.75 Å². The highest BCUT2D eigenvalue weighted by atomic mass is 19.1. The van der Waals surface area contributed by atoms with E-state index in [0.29, 0.717) is 19.2 Å². The van der Waals surface area contributed by atoms with E-state index in [1.807, 2.05) is 60.4 Å². The van der Waals surface area contributed by atoms with Gasteiger partial charge in [0.15, 0.2) is 0 Å². The lowest BCUT2D eigenvalue weighted by molar-refractivity contribution is 0.0730. The minimum absolute atomic E-state index is 0.0946. The summed E-state index contributed by atoms with van der Waals surface area (Å²) in [6.07, 6.45) is 2.87. The number of hydrogen-bond donors (Lipinski definition) is 0. The fraction of sp³-hybridized carbons (Fsp3) is 0.269. The Labute approximate surface area is 177 Å². The highest BCUT2D eigenvalue weighted by Crippen LogP contribution is 2.30. The summed E-state index contributed by atoms with van der Waals surface area (Å²) in [7, 11) is 0. The molecule has 4 rings (SSSR count). The fourth-order valence-corrected chi connectivity index (χ4v) is 3.44. The van der Waals surface area contributed by atoms with E-state index in [2.05, 4.69) is 0 Å². The van der Waals surface area contributed by atoms with E-state index in [4.69, 9.17) is 4.74 Å². The van der Waals surface area contributed by atoms with Crippen LogP contribution in [0.5, 0.6) is 5.75 Å². The van der Waals surface area contributed by atoms with E-state index in [1.54, 1.807) is 12.1 Å². The second kappa shape index (κ2) is 9.12. The van der Waals surface area contributed by atoms with Crippen molar-refractivity contribution in [2.24, 2.45) is 0 Å². The first kappa shape index (κ1) is 20.1. The van der Waals surface area contributed by atoms with Crippen LogP contribution in [-0.4, -0.2) is 23.5 Å². The van der Waals surface area contributed by atoms with Gasteiger partial charge in [-0.3, -0.25) is 4.79 Å². The summed E-state index contributed by atoms with van der Waals surface area (Å²) in [5.41, 5.74) is 4.03. The minimum Gasteiger partial charge on any atom is -0.493 e. The Morgan fingerprint density at radius 3 is 2.20 bits per heavy atom. The summed E-state index contributed by atoms with van der Waals surface area (Å²) in [6.45, 7) is 3.16. The SMILES string of the molecule is Cc1ccc(C(=O)N(Cc2ccc(OCCc3ccc(F)cc3)cc2)C2CC2)cc1. The molecule has 1 amide bonds. The number of carbonyl (C=O) groups is 1. The Morgan fingerprint density at radius 1 is 0.933 bits per heavy atom. The molecule has 0 N–H and O–H groups in total. The summed E-state index contributed by atoms with van der Waals surface area (Å²) in [5.74, 6) is 0.664. The first-order valence-electron chi connectivity index (χ1n) is 10.4. The molecule has 4 heteroatoms. The van der Waals surface area contributed by atoms with Crippen LogP contribution in [0.25, 0.3) is 0 Å². The standard InChI is InChI=1S/C26H26FNO2/c1-19-2-8-22(9-3-19)26(29)28(24-12-13-24)18-21-6-14-25(15-7-21)30-17-16-20-4-10-23(27)11-5-20/h2-11,14-15,24H,12-13,16-18H2,1H3. The molecule has 0 heterocycles. The quantitative estimate of drug-likeness (QED) is 0.493. The maximum Gasteiger partial charge on any atom is 0.254 e. The molecular formula is C26H26FNO2. The largest absolute Gasteiger partial charge is 0.493 e. The lowest BCUT2D eigenvalue weighted by Gasteiger charge is -2.23. The molecule has 3 aromatic carbocycles. The molecule has 154 valence electrons. The summed E-state index contributed by atoms with van der Waals surface area (Å²) in [6, 6.07) is 22.5. The second-order valence-electron chi connectivity index (χ2n) is 7.90. The molecule has 1 saturated carbocycles. The van der Waals surface area contributed by atoms with Gasteiger partial charge >= 0.3 is 0 Å². The molecule has 0 aliphatic heterocycles. The predicted octanol–water partition coefficient (Wildman–Crippen LogP) is 5.56. The van der Waals surface area contributed by atoms with Gasteiger partial charge in [-0.25, -0.2) is 4.39 Å². The monoisotopic (exact) mass is 403 g/mol. The highest BCUT2D eigenvalue weighted by Gasteiger charge is 2.33. The number of carbonyl (C=O) groups excluding carboxylic acids is 1. The van der Waals surface area contributed by atoms with Crippen molar-refractivity contribution < 1.29 is 13.9 Å². The Balaban J connectivity index is 1.33. The Morgan fingerprint density at radius 2 is 1.57 bits per heavy atom. The Hall–Kier alpha value is -3.14. The average molecular weight is 403 g/mol. The van der Waals surface area contributed by atoms with Crippen molar-refractivity contribution in [1.82, 2.24) is 4.90 Å². The van der Waals surface area contributed by atoms with E-state index < -0.39 is 0 Å². The second-order valence-corrected chi connectivity index (χ2v) is 7.90. The molecular weight excluding hydrogens is 377 g/mol. The van der Waals surface area contributed by atoms with Gasteiger partial charge in [0.25, 0.3) is 5.91 Å². The molecule has 3 nitrogen and oxygen atoms in total. The minimum atomic E-state index is -0.226. The van der Waals surface area contributed by atoms with E-state index in [9.17, 15) is 9.18 Å². The maximum absolute atomic E-state index is 13.0. The van der Waals surface area contributed by atoms with Crippen molar-refractivity contribution in [3.63, 3.8) is 0 Å². The highest BCUT2D eigenvalue weighted by molar-refractivity contribution is 5.94. The van der Waals surface area contributed by atoms with Gasteiger partial charge in [0.05, 0.1) is 6.61 Å².